The maximum Gasteiger partial charge on any atom is 0.262 e. The van der Waals surface area contributed by atoms with Crippen molar-refractivity contribution in [2.24, 2.45) is 7.05 Å². The van der Waals surface area contributed by atoms with E-state index in [1.165, 1.54) is 22.4 Å². The highest BCUT2D eigenvalue weighted by molar-refractivity contribution is 7.89. The lowest BCUT2D eigenvalue weighted by molar-refractivity contribution is -0.131. The Labute approximate surface area is 154 Å². The molecule has 1 aliphatic rings. The van der Waals surface area contributed by atoms with E-state index in [1.807, 2.05) is 0 Å². The quantitative estimate of drug-likeness (QED) is 0.609. The summed E-state index contributed by atoms with van der Waals surface area (Å²) in [5.74, 6) is 0.255. The molecule has 2 heterocycles. The van der Waals surface area contributed by atoms with Crippen LogP contribution >= 0.6 is 0 Å². The van der Waals surface area contributed by atoms with Crippen molar-refractivity contribution in [3.8, 4) is 0 Å². The maximum atomic E-state index is 12.8. The molecule has 1 aliphatic heterocycles. The molecule has 1 aromatic heterocycles. The first kappa shape index (κ1) is 20.8. The van der Waals surface area contributed by atoms with Crippen LogP contribution in [0.1, 0.15) is 12.2 Å². The fourth-order valence-corrected chi connectivity index (χ4v) is 4.41. The van der Waals surface area contributed by atoms with Gasteiger partial charge in [0.1, 0.15) is 5.82 Å². The number of hydrogen-bond donors (Lipinski definition) is 0. The lowest BCUT2D eigenvalue weighted by atomic mass is 10.4. The van der Waals surface area contributed by atoms with E-state index in [2.05, 4.69) is 4.98 Å². The Kier molecular flexibility index (Phi) is 6.10. The molecule has 12 heteroatoms. The van der Waals surface area contributed by atoms with Gasteiger partial charge in [-0.3, -0.25) is 4.79 Å². The number of aromatic nitrogens is 2. The first-order valence-electron chi connectivity index (χ1n) is 8.12. The van der Waals surface area contributed by atoms with Crippen molar-refractivity contribution in [3.05, 3.63) is 12.0 Å². The molecule has 0 radical (unpaired) electrons. The Balaban J connectivity index is 2.07. The van der Waals surface area contributed by atoms with Gasteiger partial charge in [-0.05, 0) is 13.3 Å². The van der Waals surface area contributed by atoms with Crippen molar-refractivity contribution in [1.29, 1.82) is 0 Å². The Morgan fingerprint density at radius 2 is 1.85 bits per heavy atom. The summed E-state index contributed by atoms with van der Waals surface area (Å²) in [6.07, 6.45) is 2.98. The van der Waals surface area contributed by atoms with Gasteiger partial charge in [0.15, 0.2) is 5.03 Å². The number of aryl methyl sites for hydroxylation is 2. The molecule has 0 unspecified atom stereocenters. The number of rotatable bonds is 5. The van der Waals surface area contributed by atoms with Crippen molar-refractivity contribution in [3.63, 3.8) is 0 Å². The molecule has 10 nitrogen and oxygen atoms in total. The van der Waals surface area contributed by atoms with Gasteiger partial charge in [-0.1, -0.05) is 0 Å². The van der Waals surface area contributed by atoms with E-state index in [0.717, 1.165) is 10.6 Å². The molecule has 0 saturated carbocycles. The summed E-state index contributed by atoms with van der Waals surface area (Å²) >= 11 is 0. The third-order valence-corrected chi connectivity index (χ3v) is 7.45. The second kappa shape index (κ2) is 7.62. The number of carbonyl (C=O) groups excluding carboxylic acids is 1. The standard InChI is InChI=1S/C14H25N5O5S2/c1-12-15-13(10-16(12)2)26(23,24)19-7-5-6-18(8-9-19)14(20)11-17(3)25(4,21)22/h10H,5-9,11H2,1-4H3. The van der Waals surface area contributed by atoms with Crippen LogP contribution in [-0.4, -0.2) is 91.8 Å². The van der Waals surface area contributed by atoms with Gasteiger partial charge in [0, 0.05) is 46.5 Å². The maximum absolute atomic E-state index is 12.8. The van der Waals surface area contributed by atoms with Crippen LogP contribution in [0.25, 0.3) is 0 Å². The third kappa shape index (κ3) is 4.61. The molecule has 1 aromatic rings. The van der Waals surface area contributed by atoms with Crippen LogP contribution in [-0.2, 0) is 31.9 Å². The predicted octanol–water partition coefficient (Wildman–Crippen LogP) is -1.16. The van der Waals surface area contributed by atoms with Crippen LogP contribution in [0.15, 0.2) is 11.2 Å². The van der Waals surface area contributed by atoms with Crippen LogP contribution in [0, 0.1) is 6.92 Å². The molecule has 0 N–H and O–H groups in total. The molecule has 0 aromatic carbocycles. The van der Waals surface area contributed by atoms with Gasteiger partial charge in [0.05, 0.1) is 12.8 Å². The molecule has 1 fully saturated rings. The Hall–Kier alpha value is -1.50. The fraction of sp³-hybridized carbons (Fsp3) is 0.714. The van der Waals surface area contributed by atoms with Gasteiger partial charge in [-0.15, -0.1) is 0 Å². The van der Waals surface area contributed by atoms with E-state index in [9.17, 15) is 21.6 Å². The summed E-state index contributed by atoms with van der Waals surface area (Å²) in [7, 11) is -4.11. The number of carbonyl (C=O) groups is 1. The fourth-order valence-electron chi connectivity index (χ4n) is 2.57. The van der Waals surface area contributed by atoms with E-state index >= 15 is 0 Å². The second-order valence-electron chi connectivity index (χ2n) is 6.39. The monoisotopic (exact) mass is 407 g/mol. The minimum atomic E-state index is -3.73. The van der Waals surface area contributed by atoms with E-state index < -0.39 is 20.0 Å². The summed E-state index contributed by atoms with van der Waals surface area (Å²) in [4.78, 5) is 17.9. The Bertz CT molecular complexity index is 858. The molecule has 0 aliphatic carbocycles. The number of sulfonamides is 2. The lowest BCUT2D eigenvalue weighted by Crippen LogP contribution is -2.42. The largest absolute Gasteiger partial charge is 0.340 e. The number of hydrogen-bond acceptors (Lipinski definition) is 6. The normalized spacial score (nSPS) is 17.5. The highest BCUT2D eigenvalue weighted by Gasteiger charge is 2.30. The summed E-state index contributed by atoms with van der Waals surface area (Å²) in [5, 5.41) is -0.00548. The van der Waals surface area contributed by atoms with E-state index in [0.29, 0.717) is 18.8 Å². The zero-order valence-electron chi connectivity index (χ0n) is 15.4. The SMILES string of the molecule is Cc1nc(S(=O)(=O)N2CCCN(C(=O)CN(C)S(C)(=O)=O)CC2)cn1C. The lowest BCUT2D eigenvalue weighted by Gasteiger charge is -2.23. The van der Waals surface area contributed by atoms with Crippen molar-refractivity contribution in [2.75, 3.05) is 46.0 Å². The van der Waals surface area contributed by atoms with E-state index in [-0.39, 0.29) is 37.1 Å². The van der Waals surface area contributed by atoms with Gasteiger partial charge < -0.3 is 9.47 Å². The third-order valence-electron chi connectivity index (χ3n) is 4.42. The molecule has 0 bridgehead atoms. The van der Waals surface area contributed by atoms with Gasteiger partial charge in [-0.25, -0.2) is 21.8 Å². The van der Waals surface area contributed by atoms with E-state index in [1.54, 1.807) is 18.5 Å². The van der Waals surface area contributed by atoms with E-state index in [4.69, 9.17) is 0 Å². The summed E-state index contributed by atoms with van der Waals surface area (Å²) in [6, 6.07) is 0. The van der Waals surface area contributed by atoms with Crippen LogP contribution in [0.5, 0.6) is 0 Å². The van der Waals surface area contributed by atoms with Crippen molar-refractivity contribution < 1.29 is 21.6 Å². The van der Waals surface area contributed by atoms with Crippen LogP contribution < -0.4 is 0 Å². The van der Waals surface area contributed by atoms with Gasteiger partial charge in [0.25, 0.3) is 10.0 Å². The van der Waals surface area contributed by atoms with Gasteiger partial charge in [0.2, 0.25) is 15.9 Å². The van der Waals surface area contributed by atoms with Gasteiger partial charge in [-0.2, -0.15) is 8.61 Å². The summed E-state index contributed by atoms with van der Waals surface area (Å²) in [6.45, 7) is 2.48. The zero-order chi connectivity index (χ0) is 19.7. The Morgan fingerprint density at radius 3 is 2.38 bits per heavy atom. The minimum Gasteiger partial charge on any atom is -0.340 e. The first-order valence-corrected chi connectivity index (χ1v) is 11.4. The molecular formula is C14H25N5O5S2. The molecule has 1 amide bonds. The second-order valence-corrected chi connectivity index (χ2v) is 10.4. The minimum absolute atomic E-state index is 0.00548. The molecule has 148 valence electrons. The molecule has 0 atom stereocenters. The number of amides is 1. The van der Waals surface area contributed by atoms with Crippen LogP contribution in [0.3, 0.4) is 0 Å². The average molecular weight is 408 g/mol. The van der Waals surface area contributed by atoms with Crippen molar-refractivity contribution in [1.82, 2.24) is 23.1 Å². The highest BCUT2D eigenvalue weighted by atomic mass is 32.2. The highest BCUT2D eigenvalue weighted by Crippen LogP contribution is 2.17. The predicted molar refractivity (Wildman–Crippen MR) is 95.4 cm³/mol. The van der Waals surface area contributed by atoms with Crippen molar-refractivity contribution >= 4 is 26.0 Å². The number of nitrogens with zero attached hydrogens (tertiary/aromatic N) is 5. The Morgan fingerprint density at radius 1 is 1.19 bits per heavy atom. The molecular weight excluding hydrogens is 382 g/mol. The summed E-state index contributed by atoms with van der Waals surface area (Å²) < 4.78 is 52.3. The zero-order valence-corrected chi connectivity index (χ0v) is 17.0. The average Bonchev–Trinajstić information content (AvgIpc) is 2.75. The van der Waals surface area contributed by atoms with Gasteiger partial charge >= 0.3 is 0 Å². The molecule has 26 heavy (non-hydrogen) atoms. The van der Waals surface area contributed by atoms with Crippen molar-refractivity contribution in [2.45, 2.75) is 18.4 Å². The summed E-state index contributed by atoms with van der Waals surface area (Å²) in [5.41, 5.74) is 0. The first-order chi connectivity index (χ1) is 11.9. The molecule has 0 spiro atoms. The smallest absolute Gasteiger partial charge is 0.262 e. The topological polar surface area (TPSA) is 113 Å². The van der Waals surface area contributed by atoms with Crippen LogP contribution in [0.2, 0.25) is 0 Å². The molecule has 2 rings (SSSR count). The van der Waals surface area contributed by atoms with Crippen LogP contribution in [0.4, 0.5) is 0 Å². The number of imidazole rings is 1. The number of likely N-dealkylation sites (N-methyl/N-ethyl adjacent to an activating group) is 1. The molecule has 1 saturated heterocycles.